The number of halogens is 1. The molecule has 1 aliphatic rings. The lowest BCUT2D eigenvalue weighted by atomic mass is 10.2. The summed E-state index contributed by atoms with van der Waals surface area (Å²) in [4.78, 5) is 14.2. The number of ether oxygens (including phenoxy) is 1. The Morgan fingerprint density at radius 2 is 2.12 bits per heavy atom. The van der Waals surface area contributed by atoms with E-state index in [1.807, 2.05) is 30.0 Å². The Bertz CT molecular complexity index is 414. The molecule has 1 aromatic rings. The Balaban J connectivity index is 2.28. The van der Waals surface area contributed by atoms with Gasteiger partial charge in [-0.1, -0.05) is 15.9 Å². The van der Waals surface area contributed by atoms with Crippen molar-refractivity contribution in [3.63, 3.8) is 0 Å². The zero-order valence-electron chi connectivity index (χ0n) is 9.91. The molecule has 92 valence electrons. The number of carbonyl (C=O) groups excluding carboxylic acids is 1. The molecule has 1 fully saturated rings. The van der Waals surface area contributed by atoms with Crippen LogP contribution in [0.25, 0.3) is 0 Å². The lowest BCUT2D eigenvalue weighted by Gasteiger charge is -2.17. The molecule has 0 radical (unpaired) electrons. The smallest absolute Gasteiger partial charge is 0.257 e. The van der Waals surface area contributed by atoms with Gasteiger partial charge in [0.15, 0.2) is 0 Å². The normalized spacial score (nSPS) is 15.1. The molecule has 0 aliphatic carbocycles. The van der Waals surface area contributed by atoms with Gasteiger partial charge < -0.3 is 9.64 Å². The quantitative estimate of drug-likeness (QED) is 0.858. The third-order valence-electron chi connectivity index (χ3n) is 2.87. The van der Waals surface area contributed by atoms with Crippen molar-refractivity contribution >= 4 is 21.8 Å². The summed E-state index contributed by atoms with van der Waals surface area (Å²) in [6.45, 7) is 4.21. The molecule has 0 atom stereocenters. The highest BCUT2D eigenvalue weighted by atomic mass is 79.9. The van der Waals surface area contributed by atoms with Crippen LogP contribution < -0.4 is 4.74 Å². The van der Waals surface area contributed by atoms with Crippen molar-refractivity contribution in [2.24, 2.45) is 0 Å². The van der Waals surface area contributed by atoms with Gasteiger partial charge in [-0.2, -0.15) is 0 Å². The van der Waals surface area contributed by atoms with Gasteiger partial charge in [-0.3, -0.25) is 4.79 Å². The van der Waals surface area contributed by atoms with E-state index in [4.69, 9.17) is 4.74 Å². The molecule has 0 spiro atoms. The molecular weight excluding hydrogens is 282 g/mol. The van der Waals surface area contributed by atoms with E-state index in [1.54, 1.807) is 0 Å². The minimum atomic E-state index is 0.0762. The van der Waals surface area contributed by atoms with Crippen LogP contribution in [0, 0.1) is 0 Å². The minimum absolute atomic E-state index is 0.0762. The van der Waals surface area contributed by atoms with Crippen LogP contribution in [-0.4, -0.2) is 30.5 Å². The first-order chi connectivity index (χ1) is 8.22. The topological polar surface area (TPSA) is 29.5 Å². The zero-order chi connectivity index (χ0) is 12.3. The molecule has 4 heteroatoms. The fraction of sp³-hybridized carbons (Fsp3) is 0.462. The average molecular weight is 298 g/mol. The van der Waals surface area contributed by atoms with Crippen molar-refractivity contribution in [1.82, 2.24) is 4.90 Å². The standard InChI is InChI=1S/C13H16BrNO2/c1-2-17-12-6-5-10(14)9-11(12)13(16)15-7-3-4-8-15/h5-6,9H,2-4,7-8H2,1H3. The van der Waals surface area contributed by atoms with Crippen molar-refractivity contribution < 1.29 is 9.53 Å². The number of likely N-dealkylation sites (tertiary alicyclic amines) is 1. The van der Waals surface area contributed by atoms with E-state index in [0.717, 1.165) is 30.4 Å². The summed E-state index contributed by atoms with van der Waals surface area (Å²) in [5.74, 6) is 0.750. The number of amides is 1. The van der Waals surface area contributed by atoms with Gasteiger partial charge in [-0.25, -0.2) is 0 Å². The molecule has 0 N–H and O–H groups in total. The van der Waals surface area contributed by atoms with E-state index in [0.29, 0.717) is 17.9 Å². The van der Waals surface area contributed by atoms with Gasteiger partial charge in [0.05, 0.1) is 12.2 Å². The first-order valence-electron chi connectivity index (χ1n) is 5.94. The second kappa shape index (κ2) is 5.54. The molecular formula is C13H16BrNO2. The summed E-state index contributed by atoms with van der Waals surface area (Å²) >= 11 is 3.40. The number of nitrogens with zero attached hydrogens (tertiary/aromatic N) is 1. The predicted octanol–water partition coefficient (Wildman–Crippen LogP) is 3.08. The fourth-order valence-corrected chi connectivity index (χ4v) is 2.40. The van der Waals surface area contributed by atoms with Crippen LogP contribution in [0.4, 0.5) is 0 Å². The van der Waals surface area contributed by atoms with Crippen LogP contribution in [-0.2, 0) is 0 Å². The van der Waals surface area contributed by atoms with E-state index >= 15 is 0 Å². The molecule has 1 saturated heterocycles. The summed E-state index contributed by atoms with van der Waals surface area (Å²) in [5, 5.41) is 0. The van der Waals surface area contributed by atoms with Crippen molar-refractivity contribution in [3.05, 3.63) is 28.2 Å². The van der Waals surface area contributed by atoms with Gasteiger partial charge in [-0.15, -0.1) is 0 Å². The first kappa shape index (κ1) is 12.4. The van der Waals surface area contributed by atoms with Gasteiger partial charge in [-0.05, 0) is 38.0 Å². The molecule has 2 rings (SSSR count). The van der Waals surface area contributed by atoms with Crippen molar-refractivity contribution in [1.29, 1.82) is 0 Å². The SMILES string of the molecule is CCOc1ccc(Br)cc1C(=O)N1CCCC1. The van der Waals surface area contributed by atoms with Crippen molar-refractivity contribution in [2.75, 3.05) is 19.7 Å². The molecule has 0 bridgehead atoms. The fourth-order valence-electron chi connectivity index (χ4n) is 2.04. The molecule has 0 aromatic heterocycles. The van der Waals surface area contributed by atoms with E-state index in [-0.39, 0.29) is 5.91 Å². The number of hydrogen-bond donors (Lipinski definition) is 0. The highest BCUT2D eigenvalue weighted by molar-refractivity contribution is 9.10. The Labute approximate surface area is 110 Å². The van der Waals surface area contributed by atoms with Crippen LogP contribution in [0.15, 0.2) is 22.7 Å². The number of carbonyl (C=O) groups is 1. The Morgan fingerprint density at radius 1 is 1.41 bits per heavy atom. The molecule has 1 heterocycles. The number of hydrogen-bond acceptors (Lipinski definition) is 2. The third kappa shape index (κ3) is 2.80. The van der Waals surface area contributed by atoms with E-state index in [9.17, 15) is 4.79 Å². The third-order valence-corrected chi connectivity index (χ3v) is 3.36. The van der Waals surface area contributed by atoms with Gasteiger partial charge in [0.2, 0.25) is 0 Å². The molecule has 1 amide bonds. The largest absolute Gasteiger partial charge is 0.493 e. The second-order valence-corrected chi connectivity index (χ2v) is 4.99. The summed E-state index contributed by atoms with van der Waals surface area (Å²) in [7, 11) is 0. The zero-order valence-corrected chi connectivity index (χ0v) is 11.5. The lowest BCUT2D eigenvalue weighted by Crippen LogP contribution is -2.28. The van der Waals surface area contributed by atoms with Crippen LogP contribution in [0.2, 0.25) is 0 Å². The Kier molecular flexibility index (Phi) is 4.05. The number of rotatable bonds is 3. The van der Waals surface area contributed by atoms with Gasteiger partial charge in [0.1, 0.15) is 5.75 Å². The summed E-state index contributed by atoms with van der Waals surface area (Å²) in [5.41, 5.74) is 0.656. The monoisotopic (exact) mass is 297 g/mol. The molecule has 0 saturated carbocycles. The van der Waals surface area contributed by atoms with Crippen LogP contribution in [0.1, 0.15) is 30.1 Å². The molecule has 3 nitrogen and oxygen atoms in total. The highest BCUT2D eigenvalue weighted by Crippen LogP contribution is 2.26. The first-order valence-corrected chi connectivity index (χ1v) is 6.73. The van der Waals surface area contributed by atoms with Crippen molar-refractivity contribution in [3.8, 4) is 5.75 Å². The van der Waals surface area contributed by atoms with E-state index in [2.05, 4.69) is 15.9 Å². The van der Waals surface area contributed by atoms with Gasteiger partial charge in [0.25, 0.3) is 5.91 Å². The van der Waals surface area contributed by atoms with Gasteiger partial charge in [0, 0.05) is 17.6 Å². The second-order valence-electron chi connectivity index (χ2n) is 4.07. The highest BCUT2D eigenvalue weighted by Gasteiger charge is 2.22. The van der Waals surface area contributed by atoms with Crippen LogP contribution >= 0.6 is 15.9 Å². The predicted molar refractivity (Wildman–Crippen MR) is 70.4 cm³/mol. The summed E-state index contributed by atoms with van der Waals surface area (Å²) in [6.07, 6.45) is 2.20. The van der Waals surface area contributed by atoms with E-state index in [1.165, 1.54) is 0 Å². The maximum atomic E-state index is 12.3. The molecule has 17 heavy (non-hydrogen) atoms. The minimum Gasteiger partial charge on any atom is -0.493 e. The summed E-state index contributed by atoms with van der Waals surface area (Å²) in [6, 6.07) is 5.58. The van der Waals surface area contributed by atoms with E-state index < -0.39 is 0 Å². The van der Waals surface area contributed by atoms with Crippen LogP contribution in [0.3, 0.4) is 0 Å². The van der Waals surface area contributed by atoms with Crippen molar-refractivity contribution in [2.45, 2.75) is 19.8 Å². The Hall–Kier alpha value is -1.03. The van der Waals surface area contributed by atoms with Crippen LogP contribution in [0.5, 0.6) is 5.75 Å². The summed E-state index contributed by atoms with van der Waals surface area (Å²) < 4.78 is 6.41. The molecule has 1 aromatic carbocycles. The maximum absolute atomic E-state index is 12.3. The molecule has 0 unspecified atom stereocenters. The maximum Gasteiger partial charge on any atom is 0.257 e. The Morgan fingerprint density at radius 3 is 2.76 bits per heavy atom. The lowest BCUT2D eigenvalue weighted by molar-refractivity contribution is 0.0788. The average Bonchev–Trinajstić information content (AvgIpc) is 2.84. The number of benzene rings is 1. The molecule has 1 aliphatic heterocycles. The van der Waals surface area contributed by atoms with Gasteiger partial charge >= 0.3 is 0 Å².